The van der Waals surface area contributed by atoms with Gasteiger partial charge in [0.2, 0.25) is 0 Å². The van der Waals surface area contributed by atoms with Crippen LogP contribution in [0.2, 0.25) is 0 Å². The standard InChI is InChI=1S/C12H16N4O3S/c1-7-12(8(2)15-14-7)20(17,18)16-11-5-4-9(19-3)6-10(11)13/h4-6,16H,13H2,1-3H3,(H,14,15). The van der Waals surface area contributed by atoms with Crippen molar-refractivity contribution in [2.45, 2.75) is 18.7 Å². The summed E-state index contributed by atoms with van der Waals surface area (Å²) >= 11 is 0. The van der Waals surface area contributed by atoms with Crippen molar-refractivity contribution in [3.63, 3.8) is 0 Å². The Morgan fingerprint density at radius 2 is 2.05 bits per heavy atom. The fourth-order valence-corrected chi connectivity index (χ4v) is 3.35. The molecule has 0 aliphatic heterocycles. The van der Waals surface area contributed by atoms with E-state index in [2.05, 4.69) is 14.9 Å². The Kier molecular flexibility index (Phi) is 3.58. The number of rotatable bonds is 4. The van der Waals surface area contributed by atoms with Crippen molar-refractivity contribution in [2.75, 3.05) is 17.6 Å². The number of aromatic amines is 1. The molecule has 2 aromatic rings. The van der Waals surface area contributed by atoms with Crippen molar-refractivity contribution in [3.8, 4) is 5.75 Å². The molecule has 0 atom stereocenters. The van der Waals surface area contributed by atoms with Crippen molar-refractivity contribution in [2.24, 2.45) is 0 Å². The first-order valence-electron chi connectivity index (χ1n) is 5.83. The van der Waals surface area contributed by atoms with Gasteiger partial charge in [-0.2, -0.15) is 5.10 Å². The van der Waals surface area contributed by atoms with Crippen LogP contribution in [0.5, 0.6) is 5.75 Å². The highest BCUT2D eigenvalue weighted by Gasteiger charge is 2.23. The van der Waals surface area contributed by atoms with Crippen LogP contribution < -0.4 is 15.2 Å². The molecule has 4 N–H and O–H groups in total. The Labute approximate surface area is 117 Å². The zero-order valence-electron chi connectivity index (χ0n) is 11.4. The van der Waals surface area contributed by atoms with Crippen molar-refractivity contribution in [1.82, 2.24) is 10.2 Å². The smallest absolute Gasteiger partial charge is 0.265 e. The normalized spacial score (nSPS) is 11.3. The van der Waals surface area contributed by atoms with Crippen LogP contribution in [0.4, 0.5) is 11.4 Å². The minimum absolute atomic E-state index is 0.132. The van der Waals surface area contributed by atoms with Gasteiger partial charge < -0.3 is 10.5 Å². The van der Waals surface area contributed by atoms with E-state index in [1.54, 1.807) is 32.0 Å². The van der Waals surface area contributed by atoms with Gasteiger partial charge in [0.25, 0.3) is 10.0 Å². The van der Waals surface area contributed by atoms with Gasteiger partial charge in [-0.15, -0.1) is 0 Å². The maximum atomic E-state index is 12.4. The second-order valence-corrected chi connectivity index (χ2v) is 5.94. The Bertz CT molecular complexity index is 718. The van der Waals surface area contributed by atoms with Crippen LogP contribution in [0, 0.1) is 13.8 Å². The molecule has 0 amide bonds. The van der Waals surface area contributed by atoms with Crippen molar-refractivity contribution < 1.29 is 13.2 Å². The van der Waals surface area contributed by atoms with Crippen molar-refractivity contribution in [3.05, 3.63) is 29.6 Å². The molecular weight excluding hydrogens is 280 g/mol. The molecule has 0 saturated heterocycles. The second kappa shape index (κ2) is 5.04. The lowest BCUT2D eigenvalue weighted by molar-refractivity contribution is 0.415. The number of anilines is 2. The summed E-state index contributed by atoms with van der Waals surface area (Å²) in [4.78, 5) is 0.132. The summed E-state index contributed by atoms with van der Waals surface area (Å²) in [7, 11) is -2.23. The van der Waals surface area contributed by atoms with Crippen LogP contribution in [-0.4, -0.2) is 25.7 Å². The highest BCUT2D eigenvalue weighted by atomic mass is 32.2. The molecule has 1 aromatic heterocycles. The summed E-state index contributed by atoms with van der Waals surface area (Å²) in [6, 6.07) is 4.73. The zero-order valence-corrected chi connectivity index (χ0v) is 12.2. The maximum absolute atomic E-state index is 12.4. The van der Waals surface area contributed by atoms with Gasteiger partial charge in [-0.1, -0.05) is 0 Å². The molecule has 7 nitrogen and oxygen atoms in total. The lowest BCUT2D eigenvalue weighted by atomic mass is 10.2. The summed E-state index contributed by atoms with van der Waals surface area (Å²) in [5.74, 6) is 0.557. The highest BCUT2D eigenvalue weighted by Crippen LogP contribution is 2.27. The summed E-state index contributed by atoms with van der Waals surface area (Å²) in [5, 5.41) is 6.52. The number of methoxy groups -OCH3 is 1. The number of nitrogens with two attached hydrogens (primary N) is 1. The van der Waals surface area contributed by atoms with E-state index in [1.807, 2.05) is 0 Å². The Morgan fingerprint density at radius 3 is 2.55 bits per heavy atom. The number of H-pyrrole nitrogens is 1. The molecule has 2 rings (SSSR count). The number of nitrogen functional groups attached to an aromatic ring is 1. The number of nitrogens with one attached hydrogen (secondary N) is 2. The molecule has 108 valence electrons. The van der Waals surface area contributed by atoms with Crippen LogP contribution >= 0.6 is 0 Å². The molecule has 0 saturated carbocycles. The molecule has 8 heteroatoms. The third kappa shape index (κ3) is 2.55. The first-order valence-corrected chi connectivity index (χ1v) is 7.31. The molecule has 0 radical (unpaired) electrons. The zero-order chi connectivity index (χ0) is 14.9. The number of hydrogen-bond donors (Lipinski definition) is 3. The maximum Gasteiger partial charge on any atom is 0.265 e. The highest BCUT2D eigenvalue weighted by molar-refractivity contribution is 7.92. The Morgan fingerprint density at radius 1 is 1.35 bits per heavy atom. The van der Waals surface area contributed by atoms with Crippen LogP contribution in [0.1, 0.15) is 11.4 Å². The molecule has 0 unspecified atom stereocenters. The van der Waals surface area contributed by atoms with Crippen LogP contribution in [0.3, 0.4) is 0 Å². The molecule has 0 aliphatic carbocycles. The lowest BCUT2D eigenvalue weighted by Gasteiger charge is -2.11. The minimum Gasteiger partial charge on any atom is -0.497 e. The number of aromatic nitrogens is 2. The minimum atomic E-state index is -3.74. The average Bonchev–Trinajstić information content (AvgIpc) is 2.72. The monoisotopic (exact) mass is 296 g/mol. The lowest BCUT2D eigenvalue weighted by Crippen LogP contribution is -2.15. The molecule has 0 spiro atoms. The topological polar surface area (TPSA) is 110 Å². The SMILES string of the molecule is COc1ccc(NS(=O)(=O)c2c(C)n[nH]c2C)c(N)c1. The number of aryl methyl sites for hydroxylation is 2. The average molecular weight is 296 g/mol. The fraction of sp³-hybridized carbons (Fsp3) is 0.250. The predicted octanol–water partition coefficient (Wildman–Crippen LogP) is 1.42. The quantitative estimate of drug-likeness (QED) is 0.739. The Hall–Kier alpha value is -2.22. The van der Waals surface area contributed by atoms with E-state index in [0.29, 0.717) is 22.8 Å². The number of benzene rings is 1. The summed E-state index contributed by atoms with van der Waals surface area (Å²) < 4.78 is 32.2. The number of ether oxygens (including phenoxy) is 1. The van der Waals surface area contributed by atoms with Gasteiger partial charge in [0.1, 0.15) is 10.6 Å². The molecule has 1 aromatic carbocycles. The van der Waals surface area contributed by atoms with Gasteiger partial charge in [-0.25, -0.2) is 8.42 Å². The first kappa shape index (κ1) is 14.2. The van der Waals surface area contributed by atoms with Gasteiger partial charge in [-0.3, -0.25) is 9.82 Å². The van der Waals surface area contributed by atoms with Crippen molar-refractivity contribution in [1.29, 1.82) is 0 Å². The van der Waals surface area contributed by atoms with Crippen molar-refractivity contribution >= 4 is 21.4 Å². The van der Waals surface area contributed by atoms with Gasteiger partial charge in [0.05, 0.1) is 29.9 Å². The molecule has 20 heavy (non-hydrogen) atoms. The molecule has 0 bridgehead atoms. The number of hydrogen-bond acceptors (Lipinski definition) is 5. The molecule has 0 fully saturated rings. The summed E-state index contributed by atoms with van der Waals surface area (Å²) in [6.07, 6.45) is 0. The van der Waals surface area contributed by atoms with Gasteiger partial charge in [0, 0.05) is 6.07 Å². The molecular formula is C12H16N4O3S. The van der Waals surface area contributed by atoms with Crippen LogP contribution in [0.25, 0.3) is 0 Å². The Balaban J connectivity index is 2.39. The predicted molar refractivity (Wildman–Crippen MR) is 76.3 cm³/mol. The molecule has 1 heterocycles. The van der Waals surface area contributed by atoms with E-state index in [-0.39, 0.29) is 10.6 Å². The fourth-order valence-electron chi connectivity index (χ4n) is 1.89. The third-order valence-electron chi connectivity index (χ3n) is 2.83. The van der Waals surface area contributed by atoms with E-state index < -0.39 is 10.0 Å². The number of nitrogens with zero attached hydrogens (tertiary/aromatic N) is 1. The molecule has 0 aliphatic rings. The summed E-state index contributed by atoms with van der Waals surface area (Å²) in [5.41, 5.74) is 7.26. The van der Waals surface area contributed by atoms with Gasteiger partial charge in [0.15, 0.2) is 0 Å². The van der Waals surface area contributed by atoms with Crippen LogP contribution in [-0.2, 0) is 10.0 Å². The largest absolute Gasteiger partial charge is 0.497 e. The number of sulfonamides is 1. The second-order valence-electron chi connectivity index (χ2n) is 4.32. The van der Waals surface area contributed by atoms with E-state index in [4.69, 9.17) is 10.5 Å². The van der Waals surface area contributed by atoms with E-state index in [9.17, 15) is 8.42 Å². The van der Waals surface area contributed by atoms with Crippen LogP contribution in [0.15, 0.2) is 23.1 Å². The first-order chi connectivity index (χ1) is 9.35. The third-order valence-corrected chi connectivity index (χ3v) is 4.46. The van der Waals surface area contributed by atoms with E-state index >= 15 is 0 Å². The summed E-state index contributed by atoms with van der Waals surface area (Å²) in [6.45, 7) is 3.27. The van der Waals surface area contributed by atoms with E-state index in [0.717, 1.165) is 0 Å². The van der Waals surface area contributed by atoms with Gasteiger partial charge >= 0.3 is 0 Å². The van der Waals surface area contributed by atoms with E-state index in [1.165, 1.54) is 7.11 Å². The van der Waals surface area contributed by atoms with Gasteiger partial charge in [-0.05, 0) is 26.0 Å².